The first kappa shape index (κ1) is 25.6. The molecule has 1 amide bonds. The minimum Gasteiger partial charge on any atom is -0.458 e. The summed E-state index contributed by atoms with van der Waals surface area (Å²) in [4.78, 5) is 43.7. The Bertz CT molecular complexity index is 1630. The van der Waals surface area contributed by atoms with Gasteiger partial charge < -0.3 is 30.2 Å². The van der Waals surface area contributed by atoms with Crippen molar-refractivity contribution in [1.29, 1.82) is 0 Å². The summed E-state index contributed by atoms with van der Waals surface area (Å²) < 4.78 is 21.7. The van der Waals surface area contributed by atoms with E-state index in [0.717, 1.165) is 22.1 Å². The van der Waals surface area contributed by atoms with E-state index in [1.54, 1.807) is 24.5 Å². The molecule has 1 aromatic carbocycles. The molecule has 0 fully saturated rings. The molecular weight excluding hydrogens is 507 g/mol. The van der Waals surface area contributed by atoms with Gasteiger partial charge in [0.05, 0.1) is 48.2 Å². The van der Waals surface area contributed by atoms with Gasteiger partial charge in [-0.1, -0.05) is 6.92 Å². The quantitative estimate of drug-likeness (QED) is 0.213. The highest BCUT2D eigenvalue weighted by Crippen LogP contribution is 2.45. The van der Waals surface area contributed by atoms with Crippen LogP contribution in [-0.2, 0) is 39.5 Å². The fraction of sp³-hybridized carbons (Fsp3) is 0.429. The number of hydrogen-bond acceptors (Lipinski definition) is 8. The van der Waals surface area contributed by atoms with Crippen molar-refractivity contribution in [1.82, 2.24) is 20.2 Å². The number of amides is 1. The van der Waals surface area contributed by atoms with Gasteiger partial charge in [-0.05, 0) is 48.9 Å². The number of pyridine rings is 2. The Morgan fingerprint density at radius 2 is 2.08 bits per heavy atom. The maximum absolute atomic E-state index is 15.0. The Hall–Kier alpha value is -3.67. The van der Waals surface area contributed by atoms with Crippen LogP contribution in [0.4, 0.5) is 4.39 Å². The number of cyclic esters (lactones) is 1. The van der Waals surface area contributed by atoms with Gasteiger partial charge in [-0.15, -0.1) is 0 Å². The molecule has 0 bridgehead atoms. The zero-order chi connectivity index (χ0) is 27.6. The monoisotopic (exact) mass is 536 g/mol. The highest BCUT2D eigenvalue weighted by atomic mass is 19.1. The molecule has 1 aliphatic carbocycles. The summed E-state index contributed by atoms with van der Waals surface area (Å²) in [6.45, 7) is 3.54. The Labute approximate surface area is 222 Å². The number of benzene rings is 1. The molecule has 0 saturated heterocycles. The first-order valence-corrected chi connectivity index (χ1v) is 13.1. The second-order valence-corrected chi connectivity index (χ2v) is 10.4. The minimum atomic E-state index is -1.95. The fourth-order valence-electron chi connectivity index (χ4n) is 6.23. The molecule has 10 nitrogen and oxygen atoms in total. The number of aromatic nitrogens is 2. The molecule has 2 atom stereocenters. The van der Waals surface area contributed by atoms with Crippen molar-refractivity contribution in [2.24, 2.45) is 0 Å². The molecule has 2 aliphatic heterocycles. The predicted octanol–water partition coefficient (Wildman–Crippen LogP) is 1.21. The molecule has 3 aliphatic rings. The minimum absolute atomic E-state index is 0.0251. The molecule has 39 heavy (non-hydrogen) atoms. The van der Waals surface area contributed by atoms with Crippen LogP contribution in [0.25, 0.3) is 22.3 Å². The number of esters is 1. The van der Waals surface area contributed by atoms with Gasteiger partial charge in [0, 0.05) is 29.1 Å². The number of rotatable bonds is 6. The lowest BCUT2D eigenvalue weighted by atomic mass is 9.81. The predicted molar refractivity (Wildman–Crippen MR) is 138 cm³/mol. The van der Waals surface area contributed by atoms with Crippen molar-refractivity contribution in [3.8, 4) is 11.4 Å². The van der Waals surface area contributed by atoms with Crippen LogP contribution in [0.1, 0.15) is 59.2 Å². The normalized spacial score (nSPS) is 20.8. The third-order valence-electron chi connectivity index (χ3n) is 8.29. The van der Waals surface area contributed by atoms with Crippen LogP contribution >= 0.6 is 0 Å². The number of hydrogen-bond donors (Lipinski definition) is 4. The summed E-state index contributed by atoms with van der Waals surface area (Å²) in [5, 5.41) is 26.9. The van der Waals surface area contributed by atoms with E-state index < -0.39 is 17.6 Å². The number of nitrogens with zero attached hydrogens (tertiary/aromatic N) is 2. The topological polar surface area (TPSA) is 143 Å². The van der Waals surface area contributed by atoms with Gasteiger partial charge in [-0.2, -0.15) is 0 Å². The summed E-state index contributed by atoms with van der Waals surface area (Å²) >= 11 is 0. The number of halogens is 1. The Kier molecular flexibility index (Phi) is 6.05. The van der Waals surface area contributed by atoms with Crippen molar-refractivity contribution in [3.63, 3.8) is 0 Å². The van der Waals surface area contributed by atoms with Crippen molar-refractivity contribution in [2.75, 3.05) is 19.7 Å². The molecule has 6 rings (SSSR count). The van der Waals surface area contributed by atoms with Crippen molar-refractivity contribution >= 4 is 22.8 Å². The molecule has 3 aromatic rings. The van der Waals surface area contributed by atoms with E-state index >= 15 is 0 Å². The van der Waals surface area contributed by atoms with E-state index in [1.165, 1.54) is 6.07 Å². The van der Waals surface area contributed by atoms with E-state index in [9.17, 15) is 23.9 Å². The van der Waals surface area contributed by atoms with Crippen LogP contribution in [-0.4, -0.2) is 51.3 Å². The molecule has 0 unspecified atom stereocenters. The lowest BCUT2D eigenvalue weighted by Gasteiger charge is -2.31. The first-order chi connectivity index (χ1) is 18.7. The van der Waals surface area contributed by atoms with E-state index in [2.05, 4.69) is 10.6 Å². The first-order valence-electron chi connectivity index (χ1n) is 13.1. The van der Waals surface area contributed by atoms with Gasteiger partial charge in [-0.3, -0.25) is 9.59 Å². The fourth-order valence-corrected chi connectivity index (χ4v) is 6.23. The Morgan fingerprint density at radius 1 is 1.28 bits per heavy atom. The van der Waals surface area contributed by atoms with Crippen LogP contribution in [0.5, 0.6) is 0 Å². The number of carbonyl (C=O) groups excluding carboxylic acids is 2. The van der Waals surface area contributed by atoms with E-state index in [-0.39, 0.29) is 67.7 Å². The lowest BCUT2D eigenvalue weighted by molar-refractivity contribution is -0.172. The summed E-state index contributed by atoms with van der Waals surface area (Å²) in [6.07, 6.45) is 1.11. The average Bonchev–Trinajstić information content (AvgIpc) is 3.29. The number of aryl methyl sites for hydroxylation is 1. The standard InChI is InChI=1S/C28H29FN4O6/c1-3-28(38)17-8-21-25-15(11-33(21)26(36)16(17)12-39-27(28)37)24-19(31-22(35)10-30-6-7-34)5-4-14-13(2)18(29)9-20(32-25)23(14)24/h8-9,19,30,34,38H,3-7,10-12H2,1-2H3,(H,31,35)/t19-,28-/m0/s1. The molecule has 0 saturated carbocycles. The van der Waals surface area contributed by atoms with E-state index in [0.29, 0.717) is 35.3 Å². The van der Waals surface area contributed by atoms with Crippen molar-refractivity contribution in [3.05, 3.63) is 61.7 Å². The average molecular weight is 537 g/mol. The van der Waals surface area contributed by atoms with Gasteiger partial charge in [0.2, 0.25) is 5.91 Å². The maximum Gasteiger partial charge on any atom is 0.343 e. The van der Waals surface area contributed by atoms with Crippen LogP contribution in [0.15, 0.2) is 16.9 Å². The Morgan fingerprint density at radius 3 is 2.82 bits per heavy atom. The molecule has 204 valence electrons. The molecule has 0 spiro atoms. The SMILES string of the molecule is CC[C@@]1(O)C(=O)OCc2c1cc1n(c2=O)Cc2c-1nc1cc(F)c(C)c3c1c2[C@@H](NC(=O)CNCCO)CC3. The molecule has 2 aromatic heterocycles. The van der Waals surface area contributed by atoms with Crippen LogP contribution in [0.2, 0.25) is 0 Å². The number of carbonyl (C=O) groups is 2. The van der Waals surface area contributed by atoms with E-state index in [4.69, 9.17) is 14.8 Å². The van der Waals surface area contributed by atoms with Gasteiger partial charge in [0.1, 0.15) is 12.4 Å². The zero-order valence-corrected chi connectivity index (χ0v) is 21.7. The highest BCUT2D eigenvalue weighted by Gasteiger charge is 2.46. The molecule has 4 N–H and O–H groups in total. The van der Waals surface area contributed by atoms with Gasteiger partial charge >= 0.3 is 5.97 Å². The molecule has 11 heteroatoms. The van der Waals surface area contributed by atoms with Crippen molar-refractivity contribution in [2.45, 2.75) is 57.9 Å². The molecule has 4 heterocycles. The lowest BCUT2D eigenvalue weighted by Crippen LogP contribution is -2.44. The number of ether oxygens (including phenoxy) is 1. The molecular formula is C28H29FN4O6. The van der Waals surface area contributed by atoms with Gasteiger partial charge in [-0.25, -0.2) is 14.2 Å². The summed E-state index contributed by atoms with van der Waals surface area (Å²) in [5.41, 5.74) is 2.31. The second-order valence-electron chi connectivity index (χ2n) is 10.4. The van der Waals surface area contributed by atoms with Gasteiger partial charge in [0.25, 0.3) is 5.56 Å². The zero-order valence-electron chi connectivity index (χ0n) is 21.7. The number of aliphatic hydroxyl groups excluding tert-OH is 1. The molecule has 0 radical (unpaired) electrons. The van der Waals surface area contributed by atoms with Crippen LogP contribution in [0, 0.1) is 12.7 Å². The number of fused-ring (bicyclic) bond motifs is 5. The third kappa shape index (κ3) is 3.71. The van der Waals surface area contributed by atoms with Crippen molar-refractivity contribution < 1.29 is 28.9 Å². The van der Waals surface area contributed by atoms with E-state index in [1.807, 2.05) is 0 Å². The third-order valence-corrected chi connectivity index (χ3v) is 8.29. The largest absolute Gasteiger partial charge is 0.458 e. The maximum atomic E-state index is 15.0. The summed E-state index contributed by atoms with van der Waals surface area (Å²) in [7, 11) is 0. The van der Waals surface area contributed by atoms with Gasteiger partial charge in [0.15, 0.2) is 5.60 Å². The Balaban J connectivity index is 1.56. The van der Waals surface area contributed by atoms with Crippen LogP contribution in [0.3, 0.4) is 0 Å². The second kappa shape index (κ2) is 9.22. The summed E-state index contributed by atoms with van der Waals surface area (Å²) in [6, 6.07) is 2.60. The number of nitrogens with one attached hydrogen (secondary N) is 2. The summed E-state index contributed by atoms with van der Waals surface area (Å²) in [5.74, 6) is -1.43. The highest BCUT2D eigenvalue weighted by molar-refractivity contribution is 5.94. The smallest absolute Gasteiger partial charge is 0.343 e. The number of aliphatic hydroxyl groups is 2. The van der Waals surface area contributed by atoms with Crippen LogP contribution < -0.4 is 16.2 Å².